The Balaban J connectivity index is 3.21. The smallest absolute Gasteiger partial charge is 0.122 e. The lowest BCUT2D eigenvalue weighted by atomic mass is 9.96. The summed E-state index contributed by atoms with van der Waals surface area (Å²) in [4.78, 5) is 0. The van der Waals surface area contributed by atoms with Gasteiger partial charge in [0.15, 0.2) is 0 Å². The molecule has 0 spiro atoms. The van der Waals surface area contributed by atoms with Crippen LogP contribution in [0.1, 0.15) is 29.2 Å². The van der Waals surface area contributed by atoms with E-state index in [9.17, 15) is 0 Å². The Morgan fingerprint density at radius 1 is 1.24 bits per heavy atom. The summed E-state index contributed by atoms with van der Waals surface area (Å²) in [6.07, 6.45) is 6.30. The highest BCUT2D eigenvalue weighted by Gasteiger charge is 2.08. The summed E-state index contributed by atoms with van der Waals surface area (Å²) in [5.74, 6) is 1.37. The maximum Gasteiger partial charge on any atom is 0.122 e. The van der Waals surface area contributed by atoms with E-state index in [1.165, 1.54) is 22.3 Å². The van der Waals surface area contributed by atoms with Crippen LogP contribution in [0, 0.1) is 26.7 Å². The van der Waals surface area contributed by atoms with Gasteiger partial charge in [-0.2, -0.15) is 0 Å². The quantitative estimate of drug-likeness (QED) is 0.694. The second-order valence-electron chi connectivity index (χ2n) is 4.51. The Bertz CT molecular complexity index is 441. The van der Waals surface area contributed by atoms with Crippen LogP contribution in [0.5, 0.6) is 5.75 Å². The Kier molecular flexibility index (Phi) is 4.56. The van der Waals surface area contributed by atoms with Crippen LogP contribution in [0.2, 0.25) is 0 Å². The van der Waals surface area contributed by atoms with Crippen LogP contribution in [-0.2, 0) is 0 Å². The van der Waals surface area contributed by atoms with Crippen molar-refractivity contribution in [3.8, 4) is 5.75 Å². The molecule has 0 aliphatic heterocycles. The van der Waals surface area contributed by atoms with Gasteiger partial charge in [-0.1, -0.05) is 25.2 Å². The number of allylic oxidation sites excluding steroid dienone is 2. The molecule has 0 amide bonds. The van der Waals surface area contributed by atoms with Crippen LogP contribution in [0.25, 0.3) is 6.08 Å². The number of aryl methyl sites for hydroxylation is 1. The lowest BCUT2D eigenvalue weighted by Gasteiger charge is -2.13. The summed E-state index contributed by atoms with van der Waals surface area (Å²) >= 11 is 0. The van der Waals surface area contributed by atoms with E-state index < -0.39 is 0 Å². The van der Waals surface area contributed by atoms with Gasteiger partial charge in [0.2, 0.25) is 0 Å². The van der Waals surface area contributed by atoms with Gasteiger partial charge in [-0.15, -0.1) is 6.58 Å². The highest BCUT2D eigenvalue weighted by atomic mass is 16.5. The first-order chi connectivity index (χ1) is 8.01. The molecule has 0 heterocycles. The second-order valence-corrected chi connectivity index (χ2v) is 4.51. The van der Waals surface area contributed by atoms with Crippen LogP contribution in [0.15, 0.2) is 24.8 Å². The molecule has 0 fully saturated rings. The minimum Gasteiger partial charge on any atom is -0.496 e. The number of hydrogen-bond acceptors (Lipinski definition) is 1. The summed E-state index contributed by atoms with van der Waals surface area (Å²) in [5.41, 5.74) is 5.04. The maximum atomic E-state index is 5.37. The van der Waals surface area contributed by atoms with Crippen molar-refractivity contribution < 1.29 is 4.74 Å². The van der Waals surface area contributed by atoms with Gasteiger partial charge in [-0.3, -0.25) is 0 Å². The van der Waals surface area contributed by atoms with Crippen LogP contribution >= 0.6 is 0 Å². The molecule has 0 saturated heterocycles. The predicted molar refractivity (Wildman–Crippen MR) is 75.6 cm³/mol. The zero-order chi connectivity index (χ0) is 13.0. The summed E-state index contributed by atoms with van der Waals surface area (Å²) in [5, 5.41) is 0. The fourth-order valence-electron chi connectivity index (χ4n) is 1.86. The predicted octanol–water partition coefficient (Wildman–Crippen LogP) is 4.46. The molecule has 0 saturated carbocycles. The average molecular weight is 230 g/mol. The number of rotatable bonds is 4. The fourth-order valence-corrected chi connectivity index (χ4v) is 1.86. The van der Waals surface area contributed by atoms with Crippen LogP contribution in [-0.4, -0.2) is 7.11 Å². The molecular formula is C16H22O. The van der Waals surface area contributed by atoms with Crippen molar-refractivity contribution in [1.82, 2.24) is 0 Å². The van der Waals surface area contributed by atoms with Crippen molar-refractivity contribution in [2.75, 3.05) is 7.11 Å². The molecule has 0 bridgehead atoms. The zero-order valence-corrected chi connectivity index (χ0v) is 11.5. The molecule has 1 aromatic carbocycles. The Morgan fingerprint density at radius 2 is 1.88 bits per heavy atom. The first-order valence-electron chi connectivity index (χ1n) is 5.96. The molecule has 92 valence electrons. The van der Waals surface area contributed by atoms with Crippen molar-refractivity contribution in [3.05, 3.63) is 47.1 Å². The summed E-state index contributed by atoms with van der Waals surface area (Å²) in [6, 6.07) is 2.10. The summed E-state index contributed by atoms with van der Waals surface area (Å²) < 4.78 is 5.37. The molecule has 1 unspecified atom stereocenters. The molecular weight excluding hydrogens is 208 g/mol. The first-order valence-corrected chi connectivity index (χ1v) is 5.96. The Morgan fingerprint density at radius 3 is 2.41 bits per heavy atom. The number of benzene rings is 1. The third kappa shape index (κ3) is 3.00. The van der Waals surface area contributed by atoms with Crippen LogP contribution < -0.4 is 4.74 Å². The van der Waals surface area contributed by atoms with E-state index in [2.05, 4.69) is 52.5 Å². The highest BCUT2D eigenvalue weighted by molar-refractivity contribution is 5.62. The van der Waals surface area contributed by atoms with Gasteiger partial charge in [0.05, 0.1) is 7.11 Å². The van der Waals surface area contributed by atoms with Gasteiger partial charge in [-0.05, 0) is 55.0 Å². The molecule has 0 aliphatic rings. The molecule has 0 radical (unpaired) electrons. The molecule has 0 aliphatic carbocycles. The normalized spacial score (nSPS) is 12.8. The van der Waals surface area contributed by atoms with Crippen LogP contribution in [0.3, 0.4) is 0 Å². The van der Waals surface area contributed by atoms with Crippen molar-refractivity contribution in [3.63, 3.8) is 0 Å². The molecule has 0 aromatic heterocycles. The monoisotopic (exact) mass is 230 g/mol. The largest absolute Gasteiger partial charge is 0.496 e. The minimum absolute atomic E-state index is 0.399. The zero-order valence-electron chi connectivity index (χ0n) is 11.5. The molecule has 1 nitrogen and oxygen atoms in total. The number of ether oxygens (including phenoxy) is 1. The van der Waals surface area contributed by atoms with Gasteiger partial charge in [0.1, 0.15) is 5.75 Å². The standard InChI is InChI=1S/C16H22O/c1-7-11(2)8-9-15-12(3)10-16(17-6)14(5)13(15)4/h7-11H,1H2,2-6H3/b9-8+. The third-order valence-corrected chi connectivity index (χ3v) is 3.27. The molecule has 1 aromatic rings. The highest BCUT2D eigenvalue weighted by Crippen LogP contribution is 2.28. The first kappa shape index (κ1) is 13.6. The Hall–Kier alpha value is -1.50. The van der Waals surface area contributed by atoms with Crippen molar-refractivity contribution >= 4 is 6.08 Å². The maximum absolute atomic E-state index is 5.37. The van der Waals surface area contributed by atoms with Gasteiger partial charge in [0.25, 0.3) is 0 Å². The topological polar surface area (TPSA) is 9.23 Å². The Labute approximate surface area is 105 Å². The van der Waals surface area contributed by atoms with Gasteiger partial charge >= 0.3 is 0 Å². The molecule has 1 atom stereocenters. The third-order valence-electron chi connectivity index (χ3n) is 3.27. The fraction of sp³-hybridized carbons (Fsp3) is 0.375. The second kappa shape index (κ2) is 5.72. The van der Waals surface area contributed by atoms with E-state index in [4.69, 9.17) is 4.74 Å². The van der Waals surface area contributed by atoms with Gasteiger partial charge in [-0.25, -0.2) is 0 Å². The van der Waals surface area contributed by atoms with E-state index in [0.717, 1.165) is 5.75 Å². The van der Waals surface area contributed by atoms with Gasteiger partial charge < -0.3 is 4.74 Å². The van der Waals surface area contributed by atoms with Gasteiger partial charge in [0, 0.05) is 0 Å². The number of methoxy groups -OCH3 is 1. The van der Waals surface area contributed by atoms with Crippen LogP contribution in [0.4, 0.5) is 0 Å². The van der Waals surface area contributed by atoms with E-state index in [0.29, 0.717) is 5.92 Å². The molecule has 1 heteroatoms. The van der Waals surface area contributed by atoms with E-state index in [1.54, 1.807) is 7.11 Å². The molecule has 17 heavy (non-hydrogen) atoms. The van der Waals surface area contributed by atoms with E-state index in [1.807, 2.05) is 6.08 Å². The van der Waals surface area contributed by atoms with Crippen molar-refractivity contribution in [2.45, 2.75) is 27.7 Å². The average Bonchev–Trinajstić information content (AvgIpc) is 2.33. The summed E-state index contributed by atoms with van der Waals surface area (Å²) in [7, 11) is 1.72. The SMILES string of the molecule is C=CC(C)/C=C/c1c(C)cc(OC)c(C)c1C. The lowest BCUT2D eigenvalue weighted by molar-refractivity contribution is 0.411. The molecule has 1 rings (SSSR count). The van der Waals surface area contributed by atoms with E-state index in [-0.39, 0.29) is 0 Å². The lowest BCUT2D eigenvalue weighted by Crippen LogP contribution is -1.96. The number of hydrogen-bond donors (Lipinski definition) is 0. The molecule has 0 N–H and O–H groups in total. The van der Waals surface area contributed by atoms with Crippen molar-refractivity contribution in [1.29, 1.82) is 0 Å². The minimum atomic E-state index is 0.399. The summed E-state index contributed by atoms with van der Waals surface area (Å²) in [6.45, 7) is 12.3. The van der Waals surface area contributed by atoms with E-state index >= 15 is 0 Å². The van der Waals surface area contributed by atoms with Crippen molar-refractivity contribution in [2.24, 2.45) is 5.92 Å².